The molecular formula is C27H23FN6O3. The van der Waals surface area contributed by atoms with Gasteiger partial charge in [0.25, 0.3) is 0 Å². The number of aromatic nitrogens is 3. The fourth-order valence-electron chi connectivity index (χ4n) is 5.04. The minimum absolute atomic E-state index is 0.245. The summed E-state index contributed by atoms with van der Waals surface area (Å²) in [7, 11) is 1.56. The molecule has 9 nitrogen and oxygen atoms in total. The second-order valence-corrected chi connectivity index (χ2v) is 9.11. The molecule has 2 N–H and O–H groups in total. The molecule has 1 aliphatic rings. The summed E-state index contributed by atoms with van der Waals surface area (Å²) in [5, 5.41) is 14.5. The number of rotatable bonds is 5. The summed E-state index contributed by atoms with van der Waals surface area (Å²) in [6, 6.07) is 12.1. The summed E-state index contributed by atoms with van der Waals surface area (Å²) in [6.45, 7) is 2.01. The Morgan fingerprint density at radius 3 is 2.86 bits per heavy atom. The molecule has 4 aromatic heterocycles. The van der Waals surface area contributed by atoms with E-state index in [1.165, 1.54) is 18.2 Å². The van der Waals surface area contributed by atoms with Crippen molar-refractivity contribution >= 4 is 38.6 Å². The lowest BCUT2D eigenvalue weighted by molar-refractivity contribution is 0.399. The molecule has 0 unspecified atom stereocenters. The lowest BCUT2D eigenvalue weighted by Crippen LogP contribution is -2.42. The number of hydrogen-bond donors (Lipinski definition) is 2. The highest BCUT2D eigenvalue weighted by Crippen LogP contribution is 2.31. The van der Waals surface area contributed by atoms with Crippen LogP contribution in [0.1, 0.15) is 24.1 Å². The first-order chi connectivity index (χ1) is 18.0. The van der Waals surface area contributed by atoms with Crippen molar-refractivity contribution < 1.29 is 13.5 Å². The number of hydrogen-bond acceptors (Lipinski definition) is 8. The Morgan fingerprint density at radius 2 is 2.08 bits per heavy atom. The zero-order chi connectivity index (χ0) is 25.5. The second kappa shape index (κ2) is 9.19. The van der Waals surface area contributed by atoms with Crippen LogP contribution in [0.25, 0.3) is 32.9 Å². The predicted octanol–water partition coefficient (Wildman–Crippen LogP) is 4.00. The fraction of sp³-hybridized carbons (Fsp3) is 0.259. The molecule has 10 heteroatoms. The standard InChI is InChI=1S/C27H23FN6O3/c1-36-23-5-3-21-25(33-23)26(15(12-29)13-31-21)34-8-6-17(7-9-34)30-14-18-11-20-19-10-16(28)2-4-22(19)37-27(35)24(20)32-18/h2-5,10-11,13,17,30,32H,6-9,14H2,1H3. The van der Waals surface area contributed by atoms with Gasteiger partial charge in [-0.2, -0.15) is 5.26 Å². The smallest absolute Gasteiger partial charge is 0.360 e. The van der Waals surface area contributed by atoms with E-state index in [2.05, 4.69) is 31.2 Å². The van der Waals surface area contributed by atoms with E-state index < -0.39 is 5.63 Å². The minimum atomic E-state index is -0.475. The molecule has 0 bridgehead atoms. The number of H-pyrrole nitrogens is 1. The molecule has 0 aliphatic carbocycles. The molecule has 1 fully saturated rings. The van der Waals surface area contributed by atoms with Crippen molar-refractivity contribution in [1.82, 2.24) is 20.3 Å². The van der Waals surface area contributed by atoms with Crippen LogP contribution < -0.4 is 20.6 Å². The number of pyridine rings is 2. The van der Waals surface area contributed by atoms with Gasteiger partial charge in [-0.05, 0) is 43.2 Å². The monoisotopic (exact) mass is 498 g/mol. The number of methoxy groups -OCH3 is 1. The number of anilines is 1. The van der Waals surface area contributed by atoms with Crippen LogP contribution in [0.15, 0.2) is 51.8 Å². The number of nitriles is 1. The number of nitrogens with zero attached hydrogens (tertiary/aromatic N) is 4. The summed E-state index contributed by atoms with van der Waals surface area (Å²) in [6.07, 6.45) is 3.31. The number of benzene rings is 1. The number of aromatic amines is 1. The molecule has 6 rings (SSSR count). The Bertz CT molecular complexity index is 1750. The Kier molecular flexibility index (Phi) is 5.70. The molecule has 0 atom stereocenters. The van der Waals surface area contributed by atoms with Gasteiger partial charge in [-0.15, -0.1) is 0 Å². The average Bonchev–Trinajstić information content (AvgIpc) is 3.37. The lowest BCUT2D eigenvalue weighted by Gasteiger charge is -2.34. The van der Waals surface area contributed by atoms with Crippen LogP contribution in [-0.4, -0.2) is 41.2 Å². The first-order valence-electron chi connectivity index (χ1n) is 12.0. The topological polar surface area (TPSA) is 120 Å². The van der Waals surface area contributed by atoms with E-state index in [9.17, 15) is 14.4 Å². The third-order valence-corrected chi connectivity index (χ3v) is 6.89. The van der Waals surface area contributed by atoms with Crippen molar-refractivity contribution in [2.45, 2.75) is 25.4 Å². The van der Waals surface area contributed by atoms with Crippen LogP contribution in [0.2, 0.25) is 0 Å². The summed E-state index contributed by atoms with van der Waals surface area (Å²) >= 11 is 0. The van der Waals surface area contributed by atoms with Crippen LogP contribution in [0.5, 0.6) is 5.88 Å². The number of piperidine rings is 1. The van der Waals surface area contributed by atoms with E-state index in [4.69, 9.17) is 9.15 Å². The van der Waals surface area contributed by atoms with Gasteiger partial charge in [0.2, 0.25) is 5.88 Å². The highest BCUT2D eigenvalue weighted by molar-refractivity contribution is 6.03. The maximum absolute atomic E-state index is 13.8. The molecule has 0 amide bonds. The summed E-state index contributed by atoms with van der Waals surface area (Å²) in [5.74, 6) is 0.0931. The molecule has 186 valence electrons. The Morgan fingerprint density at radius 1 is 1.24 bits per heavy atom. The highest BCUT2D eigenvalue weighted by Gasteiger charge is 2.24. The van der Waals surface area contributed by atoms with Gasteiger partial charge in [-0.25, -0.2) is 14.2 Å². The quantitative estimate of drug-likeness (QED) is 0.349. The van der Waals surface area contributed by atoms with Crippen LogP contribution in [-0.2, 0) is 6.54 Å². The van der Waals surface area contributed by atoms with E-state index in [1.807, 2.05) is 12.1 Å². The first kappa shape index (κ1) is 22.9. The summed E-state index contributed by atoms with van der Waals surface area (Å²) < 4.78 is 24.4. The minimum Gasteiger partial charge on any atom is -0.481 e. The highest BCUT2D eigenvalue weighted by atomic mass is 19.1. The lowest BCUT2D eigenvalue weighted by atomic mass is 10.0. The molecule has 0 radical (unpaired) electrons. The molecule has 1 aliphatic heterocycles. The maximum Gasteiger partial charge on any atom is 0.360 e. The van der Waals surface area contributed by atoms with Crippen molar-refractivity contribution in [3.8, 4) is 11.9 Å². The van der Waals surface area contributed by atoms with Gasteiger partial charge >= 0.3 is 5.63 Å². The second-order valence-electron chi connectivity index (χ2n) is 9.11. The average molecular weight is 499 g/mol. The normalized spacial score (nSPS) is 14.5. The van der Waals surface area contributed by atoms with E-state index in [0.29, 0.717) is 50.9 Å². The predicted molar refractivity (Wildman–Crippen MR) is 137 cm³/mol. The van der Waals surface area contributed by atoms with E-state index in [1.54, 1.807) is 19.4 Å². The largest absolute Gasteiger partial charge is 0.481 e. The molecule has 0 spiro atoms. The van der Waals surface area contributed by atoms with Crippen molar-refractivity contribution in [1.29, 1.82) is 5.26 Å². The zero-order valence-electron chi connectivity index (χ0n) is 20.0. The van der Waals surface area contributed by atoms with Gasteiger partial charge in [0.15, 0.2) is 0 Å². The maximum atomic E-state index is 13.8. The fourth-order valence-corrected chi connectivity index (χ4v) is 5.04. The third kappa shape index (κ3) is 4.13. The van der Waals surface area contributed by atoms with E-state index in [0.717, 1.165) is 37.3 Å². The van der Waals surface area contributed by atoms with Gasteiger partial charge in [-0.3, -0.25) is 4.98 Å². The van der Waals surface area contributed by atoms with Crippen LogP contribution in [0.3, 0.4) is 0 Å². The third-order valence-electron chi connectivity index (χ3n) is 6.89. The number of nitrogens with one attached hydrogen (secondary N) is 2. The SMILES string of the molecule is COc1ccc2ncc(C#N)c(N3CCC(NCc4cc5c([nH]4)c(=O)oc4ccc(F)cc45)CC3)c2n1. The van der Waals surface area contributed by atoms with Gasteiger partial charge in [-0.1, -0.05) is 0 Å². The molecule has 5 heterocycles. The molecule has 1 saturated heterocycles. The van der Waals surface area contributed by atoms with Crippen LogP contribution in [0.4, 0.5) is 10.1 Å². The van der Waals surface area contributed by atoms with E-state index in [-0.39, 0.29) is 11.9 Å². The molecule has 5 aromatic rings. The summed E-state index contributed by atoms with van der Waals surface area (Å²) in [4.78, 5) is 26.7. The van der Waals surface area contributed by atoms with Crippen LogP contribution in [0, 0.1) is 17.1 Å². The molecule has 0 saturated carbocycles. The van der Waals surface area contributed by atoms with Gasteiger partial charge in [0, 0.05) is 54.4 Å². The van der Waals surface area contributed by atoms with Crippen molar-refractivity contribution in [2.24, 2.45) is 0 Å². The van der Waals surface area contributed by atoms with Crippen molar-refractivity contribution in [3.63, 3.8) is 0 Å². The Hall–Kier alpha value is -4.49. The van der Waals surface area contributed by atoms with Gasteiger partial charge in [0.1, 0.15) is 28.5 Å². The number of ether oxygens (including phenoxy) is 1. The molecular weight excluding hydrogens is 475 g/mol. The number of halogens is 1. The Labute approximate surface area is 210 Å². The van der Waals surface area contributed by atoms with Crippen molar-refractivity contribution in [3.05, 3.63) is 70.1 Å². The van der Waals surface area contributed by atoms with Gasteiger partial charge < -0.3 is 24.4 Å². The Balaban J connectivity index is 1.19. The van der Waals surface area contributed by atoms with Crippen molar-refractivity contribution in [2.75, 3.05) is 25.1 Å². The molecule has 1 aromatic carbocycles. The zero-order valence-corrected chi connectivity index (χ0v) is 20.0. The number of fused-ring (bicyclic) bond motifs is 4. The molecule has 37 heavy (non-hydrogen) atoms. The summed E-state index contributed by atoms with van der Waals surface area (Å²) in [5.41, 5.74) is 3.68. The van der Waals surface area contributed by atoms with Crippen LogP contribution >= 0.6 is 0 Å². The first-order valence-corrected chi connectivity index (χ1v) is 12.0. The van der Waals surface area contributed by atoms with E-state index >= 15 is 0 Å². The van der Waals surface area contributed by atoms with Gasteiger partial charge in [0.05, 0.1) is 23.9 Å².